The molecule has 1 saturated carbocycles. The fraction of sp³-hybridized carbons (Fsp3) is 0.909. The summed E-state index contributed by atoms with van der Waals surface area (Å²) in [4.78, 5) is 11.0. The molecular formula is C11H22N2O4S. The lowest BCUT2D eigenvalue weighted by molar-refractivity contribution is -0.140. The van der Waals surface area contributed by atoms with Crippen molar-refractivity contribution in [1.82, 2.24) is 9.03 Å². The van der Waals surface area contributed by atoms with Crippen molar-refractivity contribution < 1.29 is 18.3 Å². The van der Waals surface area contributed by atoms with Crippen LogP contribution in [0.25, 0.3) is 0 Å². The second kappa shape index (κ2) is 5.99. The van der Waals surface area contributed by atoms with Crippen molar-refractivity contribution in [3.63, 3.8) is 0 Å². The first kappa shape index (κ1) is 15.4. The third-order valence-electron chi connectivity index (χ3n) is 3.06. The molecule has 0 aromatic carbocycles. The Morgan fingerprint density at radius 3 is 2.33 bits per heavy atom. The highest BCUT2D eigenvalue weighted by Gasteiger charge is 2.33. The SMILES string of the molecule is CCN(CC1CC1)S(=O)(=O)N[C@H](C(=O)O)C(C)C. The first-order valence-corrected chi connectivity index (χ1v) is 7.72. The first-order valence-electron chi connectivity index (χ1n) is 6.28. The molecule has 0 spiro atoms. The second-order valence-electron chi connectivity index (χ2n) is 5.08. The molecule has 0 radical (unpaired) electrons. The van der Waals surface area contributed by atoms with Gasteiger partial charge in [0.2, 0.25) is 0 Å². The minimum absolute atomic E-state index is 0.295. The fourth-order valence-corrected chi connectivity index (χ4v) is 3.28. The molecule has 0 amide bonds. The minimum atomic E-state index is -3.71. The fourth-order valence-electron chi connectivity index (χ4n) is 1.69. The van der Waals surface area contributed by atoms with E-state index in [4.69, 9.17) is 5.11 Å². The lowest BCUT2D eigenvalue weighted by Gasteiger charge is -2.24. The van der Waals surface area contributed by atoms with Crippen LogP contribution >= 0.6 is 0 Å². The summed E-state index contributed by atoms with van der Waals surface area (Å²) in [6.07, 6.45) is 2.11. The standard InChI is InChI=1S/C11H22N2O4S/c1-4-13(7-9-5-6-9)18(16,17)12-10(8(2)3)11(14)15/h8-10,12H,4-7H2,1-3H3,(H,14,15)/t10-/m0/s1. The average Bonchev–Trinajstić information content (AvgIpc) is 3.05. The molecule has 0 saturated heterocycles. The Hall–Kier alpha value is -0.660. The Morgan fingerprint density at radius 2 is 2.00 bits per heavy atom. The molecule has 7 heteroatoms. The third kappa shape index (κ3) is 4.22. The zero-order valence-electron chi connectivity index (χ0n) is 11.1. The van der Waals surface area contributed by atoms with Crippen LogP contribution in [-0.2, 0) is 15.0 Å². The largest absolute Gasteiger partial charge is 0.480 e. The number of rotatable bonds is 8. The van der Waals surface area contributed by atoms with Gasteiger partial charge in [0.05, 0.1) is 0 Å². The highest BCUT2D eigenvalue weighted by Crippen LogP contribution is 2.30. The Morgan fingerprint density at radius 1 is 1.44 bits per heavy atom. The van der Waals surface area contributed by atoms with E-state index in [2.05, 4.69) is 4.72 Å². The van der Waals surface area contributed by atoms with E-state index < -0.39 is 22.2 Å². The van der Waals surface area contributed by atoms with Gasteiger partial charge in [-0.3, -0.25) is 4.79 Å². The minimum Gasteiger partial charge on any atom is -0.480 e. The van der Waals surface area contributed by atoms with Crippen LogP contribution < -0.4 is 4.72 Å². The number of carboxylic acid groups (broad SMARTS) is 1. The van der Waals surface area contributed by atoms with Crippen molar-refractivity contribution in [3.8, 4) is 0 Å². The van der Waals surface area contributed by atoms with Gasteiger partial charge in [-0.25, -0.2) is 0 Å². The van der Waals surface area contributed by atoms with E-state index in [1.165, 1.54) is 4.31 Å². The number of nitrogens with zero attached hydrogens (tertiary/aromatic N) is 1. The molecule has 1 atom stereocenters. The summed E-state index contributed by atoms with van der Waals surface area (Å²) < 4.78 is 27.8. The molecule has 0 aliphatic heterocycles. The molecule has 0 bridgehead atoms. The van der Waals surface area contributed by atoms with E-state index in [9.17, 15) is 13.2 Å². The Bertz CT molecular complexity index is 390. The molecule has 1 aliphatic carbocycles. The van der Waals surface area contributed by atoms with Crippen molar-refractivity contribution in [3.05, 3.63) is 0 Å². The maximum absolute atomic E-state index is 12.1. The predicted molar refractivity (Wildman–Crippen MR) is 68.3 cm³/mol. The van der Waals surface area contributed by atoms with Crippen LogP contribution in [0.1, 0.15) is 33.6 Å². The summed E-state index contributed by atoms with van der Waals surface area (Å²) in [5, 5.41) is 9.01. The van der Waals surface area contributed by atoms with E-state index in [0.717, 1.165) is 12.8 Å². The van der Waals surface area contributed by atoms with Gasteiger partial charge in [0.25, 0.3) is 10.2 Å². The summed E-state index contributed by atoms with van der Waals surface area (Å²) in [6.45, 7) is 5.95. The molecule has 6 nitrogen and oxygen atoms in total. The first-order chi connectivity index (χ1) is 8.27. The van der Waals surface area contributed by atoms with Gasteiger partial charge in [-0.1, -0.05) is 20.8 Å². The molecule has 2 N–H and O–H groups in total. The molecule has 18 heavy (non-hydrogen) atoms. The maximum Gasteiger partial charge on any atom is 0.322 e. The normalized spacial score (nSPS) is 18.3. The van der Waals surface area contributed by atoms with Crippen molar-refractivity contribution in [2.24, 2.45) is 11.8 Å². The Labute approximate surface area is 109 Å². The smallest absolute Gasteiger partial charge is 0.322 e. The molecule has 0 unspecified atom stereocenters. The number of aliphatic carboxylic acids is 1. The number of hydrogen-bond donors (Lipinski definition) is 2. The van der Waals surface area contributed by atoms with E-state index in [1.807, 2.05) is 0 Å². The van der Waals surface area contributed by atoms with Crippen LogP contribution in [0, 0.1) is 11.8 Å². The maximum atomic E-state index is 12.1. The monoisotopic (exact) mass is 278 g/mol. The molecule has 1 aliphatic rings. The number of carbonyl (C=O) groups is 1. The Kier molecular flexibility index (Phi) is 5.12. The van der Waals surface area contributed by atoms with Gasteiger partial charge in [-0.2, -0.15) is 17.4 Å². The third-order valence-corrected chi connectivity index (χ3v) is 4.70. The van der Waals surface area contributed by atoms with E-state index in [-0.39, 0.29) is 5.92 Å². The van der Waals surface area contributed by atoms with Crippen molar-refractivity contribution in [1.29, 1.82) is 0 Å². The zero-order valence-corrected chi connectivity index (χ0v) is 11.9. The Balaban J connectivity index is 2.73. The lowest BCUT2D eigenvalue weighted by Crippen LogP contribution is -2.50. The topological polar surface area (TPSA) is 86.7 Å². The van der Waals surface area contributed by atoms with Crippen molar-refractivity contribution >= 4 is 16.2 Å². The van der Waals surface area contributed by atoms with Gasteiger partial charge >= 0.3 is 5.97 Å². The quantitative estimate of drug-likeness (QED) is 0.683. The summed E-state index contributed by atoms with van der Waals surface area (Å²) in [5.74, 6) is -1.00. The van der Waals surface area contributed by atoms with Gasteiger partial charge < -0.3 is 5.11 Å². The van der Waals surface area contributed by atoms with Crippen LogP contribution in [0.2, 0.25) is 0 Å². The van der Waals surface area contributed by atoms with Crippen molar-refractivity contribution in [2.75, 3.05) is 13.1 Å². The van der Waals surface area contributed by atoms with Gasteiger partial charge in [-0.05, 0) is 24.7 Å². The van der Waals surface area contributed by atoms with Gasteiger partial charge in [0.1, 0.15) is 6.04 Å². The van der Waals surface area contributed by atoms with Gasteiger partial charge in [-0.15, -0.1) is 0 Å². The van der Waals surface area contributed by atoms with Crippen LogP contribution in [0.3, 0.4) is 0 Å². The molecule has 0 heterocycles. The van der Waals surface area contributed by atoms with Crippen LogP contribution in [0.15, 0.2) is 0 Å². The molecule has 0 aromatic heterocycles. The summed E-state index contributed by atoms with van der Waals surface area (Å²) in [6, 6.07) is -1.08. The number of hydrogen-bond acceptors (Lipinski definition) is 3. The van der Waals surface area contributed by atoms with Gasteiger partial charge in [0, 0.05) is 13.1 Å². The predicted octanol–water partition coefficient (Wildman–Crippen LogP) is 0.662. The van der Waals surface area contributed by atoms with E-state index in [1.54, 1.807) is 20.8 Å². The highest BCUT2D eigenvalue weighted by molar-refractivity contribution is 7.87. The van der Waals surface area contributed by atoms with Gasteiger partial charge in [0.15, 0.2) is 0 Å². The number of nitrogens with one attached hydrogen (secondary N) is 1. The van der Waals surface area contributed by atoms with Crippen LogP contribution in [0.4, 0.5) is 0 Å². The summed E-state index contributed by atoms with van der Waals surface area (Å²) >= 11 is 0. The highest BCUT2D eigenvalue weighted by atomic mass is 32.2. The molecule has 1 rings (SSSR count). The second-order valence-corrected chi connectivity index (χ2v) is 6.78. The van der Waals surface area contributed by atoms with Crippen molar-refractivity contribution in [2.45, 2.75) is 39.7 Å². The summed E-state index contributed by atoms with van der Waals surface area (Å²) in [7, 11) is -3.71. The molecule has 0 aromatic rings. The van der Waals surface area contributed by atoms with Crippen LogP contribution in [-0.4, -0.2) is 42.9 Å². The molecule has 106 valence electrons. The van der Waals surface area contributed by atoms with E-state index >= 15 is 0 Å². The molecular weight excluding hydrogens is 256 g/mol. The average molecular weight is 278 g/mol. The molecule has 1 fully saturated rings. The van der Waals surface area contributed by atoms with E-state index in [0.29, 0.717) is 19.0 Å². The van der Waals surface area contributed by atoms with Crippen LogP contribution in [0.5, 0.6) is 0 Å². The summed E-state index contributed by atoms with van der Waals surface area (Å²) in [5.41, 5.74) is 0. The number of carboxylic acids is 1. The lowest BCUT2D eigenvalue weighted by atomic mass is 10.1. The zero-order chi connectivity index (χ0) is 13.9.